The number of benzene rings is 2. The van der Waals surface area contributed by atoms with Crippen molar-refractivity contribution in [3.05, 3.63) is 71.5 Å². The molecule has 0 N–H and O–H groups in total. The van der Waals surface area contributed by atoms with E-state index >= 15 is 0 Å². The number of carbonyl (C=O) groups excluding carboxylic acids is 2. The molecular weight excluding hydrogens is 399 g/mol. The van der Waals surface area contributed by atoms with E-state index in [-0.39, 0.29) is 24.0 Å². The van der Waals surface area contributed by atoms with Gasteiger partial charge in [0.15, 0.2) is 0 Å². The van der Waals surface area contributed by atoms with E-state index in [2.05, 4.69) is 0 Å². The molecule has 0 aromatic heterocycles. The second-order valence-electron chi connectivity index (χ2n) is 7.97. The molecule has 2 atom stereocenters. The van der Waals surface area contributed by atoms with Crippen molar-refractivity contribution < 1.29 is 23.5 Å². The molecule has 7 heteroatoms. The molecule has 0 saturated carbocycles. The Morgan fingerprint density at radius 1 is 0.968 bits per heavy atom. The van der Waals surface area contributed by atoms with E-state index in [0.29, 0.717) is 50.5 Å². The minimum atomic E-state index is -0.438. The first-order chi connectivity index (χ1) is 15.1. The van der Waals surface area contributed by atoms with Crippen molar-refractivity contribution in [2.24, 2.45) is 0 Å². The third-order valence-electron chi connectivity index (χ3n) is 5.68. The summed E-state index contributed by atoms with van der Waals surface area (Å²) in [4.78, 5) is 29.4. The molecule has 4 rings (SSSR count). The van der Waals surface area contributed by atoms with Crippen LogP contribution in [0.15, 0.2) is 54.6 Å². The summed E-state index contributed by atoms with van der Waals surface area (Å²) >= 11 is 0. The lowest BCUT2D eigenvalue weighted by Gasteiger charge is -2.36. The summed E-state index contributed by atoms with van der Waals surface area (Å²) in [6.07, 6.45) is 1.61. The fraction of sp³-hybridized carbons (Fsp3) is 0.417. The van der Waals surface area contributed by atoms with Gasteiger partial charge in [-0.25, -0.2) is 4.39 Å². The van der Waals surface area contributed by atoms with Gasteiger partial charge in [0.05, 0.1) is 18.8 Å². The van der Waals surface area contributed by atoms with E-state index in [1.54, 1.807) is 28.0 Å². The first-order valence-corrected chi connectivity index (χ1v) is 10.7. The molecule has 164 valence electrons. The molecule has 0 radical (unpaired) electrons. The molecule has 0 aliphatic carbocycles. The lowest BCUT2D eigenvalue weighted by molar-refractivity contribution is -0.0375. The van der Waals surface area contributed by atoms with Gasteiger partial charge in [0.1, 0.15) is 5.82 Å². The molecule has 2 saturated heterocycles. The van der Waals surface area contributed by atoms with Gasteiger partial charge in [-0.05, 0) is 43.2 Å². The number of hydrogen-bond donors (Lipinski definition) is 0. The van der Waals surface area contributed by atoms with Gasteiger partial charge in [-0.1, -0.05) is 24.3 Å². The third-order valence-corrected chi connectivity index (χ3v) is 5.68. The Kier molecular flexibility index (Phi) is 6.94. The van der Waals surface area contributed by atoms with Crippen LogP contribution in [-0.4, -0.2) is 73.2 Å². The van der Waals surface area contributed by atoms with Crippen molar-refractivity contribution in [2.45, 2.75) is 25.0 Å². The van der Waals surface area contributed by atoms with Gasteiger partial charge >= 0.3 is 0 Å². The van der Waals surface area contributed by atoms with Gasteiger partial charge in [-0.15, -0.1) is 0 Å². The Morgan fingerprint density at radius 3 is 2.45 bits per heavy atom. The Morgan fingerprint density at radius 2 is 1.71 bits per heavy atom. The highest BCUT2D eigenvalue weighted by Gasteiger charge is 2.30. The second-order valence-corrected chi connectivity index (χ2v) is 7.97. The van der Waals surface area contributed by atoms with Crippen LogP contribution >= 0.6 is 0 Å². The molecule has 2 amide bonds. The van der Waals surface area contributed by atoms with E-state index in [1.165, 1.54) is 18.2 Å². The van der Waals surface area contributed by atoms with Gasteiger partial charge in [0.2, 0.25) is 0 Å². The van der Waals surface area contributed by atoms with Crippen LogP contribution in [0.25, 0.3) is 0 Å². The summed E-state index contributed by atoms with van der Waals surface area (Å²) < 4.78 is 25.2. The molecule has 2 aromatic carbocycles. The largest absolute Gasteiger partial charge is 0.376 e. The van der Waals surface area contributed by atoms with Crippen LogP contribution < -0.4 is 0 Å². The summed E-state index contributed by atoms with van der Waals surface area (Å²) in [5.74, 6) is -0.743. The van der Waals surface area contributed by atoms with Gasteiger partial charge in [0, 0.05) is 43.9 Å². The summed E-state index contributed by atoms with van der Waals surface area (Å²) in [5, 5.41) is 0. The maximum absolute atomic E-state index is 13.5. The molecule has 31 heavy (non-hydrogen) atoms. The fourth-order valence-electron chi connectivity index (χ4n) is 4.10. The van der Waals surface area contributed by atoms with Gasteiger partial charge in [0.25, 0.3) is 11.8 Å². The number of halogens is 1. The SMILES string of the molecule is O=C(c1cccc(F)c1)N1CCOC(CN(CC2CCCO2)C(=O)c2ccccc2)C1. The van der Waals surface area contributed by atoms with Crippen LogP contribution in [0.4, 0.5) is 4.39 Å². The van der Waals surface area contributed by atoms with E-state index in [4.69, 9.17) is 9.47 Å². The van der Waals surface area contributed by atoms with E-state index < -0.39 is 5.82 Å². The van der Waals surface area contributed by atoms with Gasteiger partial charge in [-0.3, -0.25) is 9.59 Å². The predicted molar refractivity (Wildman–Crippen MR) is 113 cm³/mol. The smallest absolute Gasteiger partial charge is 0.254 e. The quantitative estimate of drug-likeness (QED) is 0.713. The molecule has 2 fully saturated rings. The van der Waals surface area contributed by atoms with Crippen LogP contribution in [0.2, 0.25) is 0 Å². The molecule has 2 unspecified atom stereocenters. The minimum Gasteiger partial charge on any atom is -0.376 e. The zero-order chi connectivity index (χ0) is 21.6. The maximum atomic E-state index is 13.5. The molecule has 2 aliphatic heterocycles. The monoisotopic (exact) mass is 426 g/mol. The lowest BCUT2D eigenvalue weighted by Crippen LogP contribution is -2.51. The number of nitrogens with zero attached hydrogens (tertiary/aromatic N) is 2. The van der Waals surface area contributed by atoms with Gasteiger partial charge in [-0.2, -0.15) is 0 Å². The molecule has 6 nitrogen and oxygen atoms in total. The minimum absolute atomic E-state index is 0.0151. The summed E-state index contributed by atoms with van der Waals surface area (Å²) in [5.41, 5.74) is 0.932. The fourth-order valence-corrected chi connectivity index (χ4v) is 4.10. The molecule has 0 spiro atoms. The Balaban J connectivity index is 1.45. The normalized spacial score (nSPS) is 21.1. The van der Waals surface area contributed by atoms with Crippen molar-refractivity contribution in [2.75, 3.05) is 39.4 Å². The predicted octanol–water partition coefficient (Wildman–Crippen LogP) is 2.99. The number of amides is 2. The van der Waals surface area contributed by atoms with Crippen LogP contribution in [0.3, 0.4) is 0 Å². The number of carbonyl (C=O) groups is 2. The van der Waals surface area contributed by atoms with Gasteiger partial charge < -0.3 is 19.3 Å². The molecular formula is C24H27FN2O4. The summed E-state index contributed by atoms with van der Waals surface area (Å²) in [6, 6.07) is 14.9. The Hall–Kier alpha value is -2.77. The number of rotatable bonds is 6. The standard InChI is InChI=1S/C24H27FN2O4/c25-20-9-4-8-19(14-20)24(29)26-11-13-31-22(16-26)17-27(15-21-10-5-12-30-21)23(28)18-6-2-1-3-7-18/h1-4,6-9,14,21-22H,5,10-13,15-17H2. The molecule has 2 heterocycles. The number of hydrogen-bond acceptors (Lipinski definition) is 4. The molecule has 2 aliphatic rings. The zero-order valence-corrected chi connectivity index (χ0v) is 17.4. The van der Waals surface area contributed by atoms with Crippen LogP contribution in [0.1, 0.15) is 33.6 Å². The van der Waals surface area contributed by atoms with Crippen LogP contribution in [0, 0.1) is 5.82 Å². The van der Waals surface area contributed by atoms with Crippen molar-refractivity contribution in [1.29, 1.82) is 0 Å². The van der Waals surface area contributed by atoms with E-state index in [9.17, 15) is 14.0 Å². The number of morpholine rings is 1. The zero-order valence-electron chi connectivity index (χ0n) is 17.4. The Labute approximate surface area is 181 Å². The van der Waals surface area contributed by atoms with Crippen molar-refractivity contribution in [3.8, 4) is 0 Å². The average molecular weight is 426 g/mol. The topological polar surface area (TPSA) is 59.1 Å². The lowest BCUT2D eigenvalue weighted by atomic mass is 10.1. The average Bonchev–Trinajstić information content (AvgIpc) is 3.31. The highest BCUT2D eigenvalue weighted by atomic mass is 19.1. The van der Waals surface area contributed by atoms with E-state index in [0.717, 1.165) is 12.8 Å². The van der Waals surface area contributed by atoms with Crippen molar-refractivity contribution >= 4 is 11.8 Å². The Bertz CT molecular complexity index is 901. The first-order valence-electron chi connectivity index (χ1n) is 10.7. The van der Waals surface area contributed by atoms with Crippen molar-refractivity contribution in [3.63, 3.8) is 0 Å². The summed E-state index contributed by atoms with van der Waals surface area (Å²) in [7, 11) is 0. The molecule has 0 bridgehead atoms. The third kappa shape index (κ3) is 5.48. The summed E-state index contributed by atoms with van der Waals surface area (Å²) in [6.45, 7) is 2.72. The van der Waals surface area contributed by atoms with Crippen molar-refractivity contribution in [1.82, 2.24) is 9.80 Å². The number of ether oxygens (including phenoxy) is 2. The first kappa shape index (κ1) is 21.5. The highest BCUT2D eigenvalue weighted by Crippen LogP contribution is 2.18. The molecule has 2 aromatic rings. The maximum Gasteiger partial charge on any atom is 0.254 e. The van der Waals surface area contributed by atoms with E-state index in [1.807, 2.05) is 18.2 Å². The second kappa shape index (κ2) is 10.0. The van der Waals surface area contributed by atoms with Crippen LogP contribution in [-0.2, 0) is 9.47 Å². The van der Waals surface area contributed by atoms with Crippen LogP contribution in [0.5, 0.6) is 0 Å². The highest BCUT2D eigenvalue weighted by molar-refractivity contribution is 5.95.